The molecule has 1 amide bonds. The van der Waals surface area contributed by atoms with E-state index in [2.05, 4.69) is 29.2 Å². The minimum Gasteiger partial charge on any atom is -0.341 e. The van der Waals surface area contributed by atoms with Crippen LogP contribution in [0.15, 0.2) is 54.6 Å². The quantitative estimate of drug-likeness (QED) is 0.838. The number of benzene rings is 2. The largest absolute Gasteiger partial charge is 0.341 e. The summed E-state index contributed by atoms with van der Waals surface area (Å²) in [7, 11) is 0. The van der Waals surface area contributed by atoms with Crippen LogP contribution in [-0.2, 0) is 11.3 Å². The molecule has 1 aliphatic carbocycles. The van der Waals surface area contributed by atoms with E-state index in [-0.39, 0.29) is 23.6 Å². The molecule has 0 N–H and O–H groups in total. The van der Waals surface area contributed by atoms with Crippen LogP contribution in [0.4, 0.5) is 4.39 Å². The van der Waals surface area contributed by atoms with Crippen LogP contribution >= 0.6 is 0 Å². The number of carbonyl (C=O) groups excluding carboxylic acids is 1. The van der Waals surface area contributed by atoms with Gasteiger partial charge < -0.3 is 4.90 Å². The molecule has 4 rings (SSSR count). The predicted molar refractivity (Wildman–Crippen MR) is 100 cm³/mol. The Morgan fingerprint density at radius 1 is 0.962 bits per heavy atom. The number of hydrogen-bond acceptors (Lipinski definition) is 2. The first-order valence-electron chi connectivity index (χ1n) is 9.52. The Labute approximate surface area is 154 Å². The Kier molecular flexibility index (Phi) is 5.02. The van der Waals surface area contributed by atoms with Crippen molar-refractivity contribution in [3.8, 4) is 0 Å². The van der Waals surface area contributed by atoms with Crippen molar-refractivity contribution in [3.05, 3.63) is 71.5 Å². The summed E-state index contributed by atoms with van der Waals surface area (Å²) in [5.74, 6) is 0.0532. The van der Waals surface area contributed by atoms with E-state index in [0.29, 0.717) is 5.56 Å². The Bertz CT molecular complexity index is 764. The summed E-state index contributed by atoms with van der Waals surface area (Å²) in [6.07, 6.45) is 1.78. The molecule has 1 heterocycles. The molecule has 0 radical (unpaired) electrons. The highest BCUT2D eigenvalue weighted by atomic mass is 19.1. The summed E-state index contributed by atoms with van der Waals surface area (Å²) >= 11 is 0. The molecule has 1 saturated heterocycles. The Balaban J connectivity index is 1.33. The van der Waals surface area contributed by atoms with Gasteiger partial charge in [0, 0.05) is 38.6 Å². The average Bonchev–Trinajstić information content (AvgIpc) is 3.47. The van der Waals surface area contributed by atoms with Crippen molar-refractivity contribution < 1.29 is 9.18 Å². The van der Waals surface area contributed by atoms with Crippen LogP contribution in [0.25, 0.3) is 0 Å². The lowest BCUT2D eigenvalue weighted by Crippen LogP contribution is -2.36. The first-order chi connectivity index (χ1) is 12.7. The van der Waals surface area contributed by atoms with Gasteiger partial charge in [0.05, 0.1) is 0 Å². The molecule has 2 fully saturated rings. The van der Waals surface area contributed by atoms with E-state index in [1.54, 1.807) is 6.07 Å². The number of amides is 1. The van der Waals surface area contributed by atoms with Gasteiger partial charge in [-0.1, -0.05) is 48.5 Å². The van der Waals surface area contributed by atoms with Gasteiger partial charge in [-0.15, -0.1) is 0 Å². The fourth-order valence-electron chi connectivity index (χ4n) is 4.01. The Morgan fingerprint density at radius 2 is 1.73 bits per heavy atom. The van der Waals surface area contributed by atoms with Crippen LogP contribution in [0.3, 0.4) is 0 Å². The first kappa shape index (κ1) is 17.2. The van der Waals surface area contributed by atoms with Crippen molar-refractivity contribution in [2.45, 2.75) is 25.3 Å². The van der Waals surface area contributed by atoms with Crippen molar-refractivity contribution in [2.24, 2.45) is 5.92 Å². The average molecular weight is 352 g/mol. The molecule has 0 spiro atoms. The maximum atomic E-state index is 14.0. The number of rotatable bonds is 4. The number of halogens is 1. The van der Waals surface area contributed by atoms with E-state index in [9.17, 15) is 9.18 Å². The lowest BCUT2D eigenvalue weighted by Gasteiger charge is -2.22. The van der Waals surface area contributed by atoms with E-state index in [4.69, 9.17) is 0 Å². The smallest absolute Gasteiger partial charge is 0.226 e. The van der Waals surface area contributed by atoms with Crippen molar-refractivity contribution in [1.82, 2.24) is 9.80 Å². The van der Waals surface area contributed by atoms with Crippen LogP contribution in [0, 0.1) is 11.7 Å². The van der Waals surface area contributed by atoms with Gasteiger partial charge in [0.1, 0.15) is 5.82 Å². The molecule has 26 heavy (non-hydrogen) atoms. The third-order valence-corrected chi connectivity index (χ3v) is 5.56. The van der Waals surface area contributed by atoms with Gasteiger partial charge in [0.2, 0.25) is 5.91 Å². The fourth-order valence-corrected chi connectivity index (χ4v) is 4.01. The van der Waals surface area contributed by atoms with E-state index in [1.807, 2.05) is 23.1 Å². The van der Waals surface area contributed by atoms with Gasteiger partial charge in [0.15, 0.2) is 0 Å². The van der Waals surface area contributed by atoms with E-state index in [0.717, 1.165) is 45.6 Å². The zero-order valence-corrected chi connectivity index (χ0v) is 15.0. The summed E-state index contributed by atoms with van der Waals surface area (Å²) in [5.41, 5.74) is 2.01. The highest BCUT2D eigenvalue weighted by Gasteiger charge is 2.46. The second-order valence-electron chi connectivity index (χ2n) is 7.41. The van der Waals surface area contributed by atoms with Crippen molar-refractivity contribution >= 4 is 5.91 Å². The molecular formula is C22H25FN2O. The van der Waals surface area contributed by atoms with Crippen molar-refractivity contribution in [1.29, 1.82) is 0 Å². The molecule has 4 heteroatoms. The second kappa shape index (κ2) is 7.58. The monoisotopic (exact) mass is 352 g/mol. The SMILES string of the molecule is O=C(C1CC1c1ccccc1F)N1CCCN(Cc2ccccc2)CC1. The molecule has 2 atom stereocenters. The minimum atomic E-state index is -0.183. The zero-order chi connectivity index (χ0) is 17.9. The molecule has 2 aromatic rings. The molecule has 2 aliphatic rings. The molecule has 0 bridgehead atoms. The summed E-state index contributed by atoms with van der Waals surface area (Å²) < 4.78 is 14.0. The van der Waals surface area contributed by atoms with Gasteiger partial charge in [0.25, 0.3) is 0 Å². The Morgan fingerprint density at radius 3 is 2.54 bits per heavy atom. The Hall–Kier alpha value is -2.20. The molecule has 0 aromatic heterocycles. The summed E-state index contributed by atoms with van der Waals surface area (Å²) in [4.78, 5) is 17.3. The molecule has 1 saturated carbocycles. The summed E-state index contributed by atoms with van der Waals surface area (Å²) in [6, 6.07) is 17.3. The first-order valence-corrected chi connectivity index (χ1v) is 9.52. The van der Waals surface area contributed by atoms with Crippen LogP contribution < -0.4 is 0 Å². The predicted octanol–water partition coefficient (Wildman–Crippen LogP) is 3.66. The maximum absolute atomic E-state index is 14.0. The van der Waals surface area contributed by atoms with E-state index >= 15 is 0 Å². The van der Waals surface area contributed by atoms with Gasteiger partial charge in [-0.2, -0.15) is 0 Å². The van der Waals surface area contributed by atoms with Gasteiger partial charge in [-0.3, -0.25) is 9.69 Å². The van der Waals surface area contributed by atoms with Gasteiger partial charge in [-0.05, 0) is 36.0 Å². The normalized spacial score (nSPS) is 23.5. The minimum absolute atomic E-state index is 0.0347. The molecule has 1 aliphatic heterocycles. The summed E-state index contributed by atoms with van der Waals surface area (Å²) in [5, 5.41) is 0. The van der Waals surface area contributed by atoms with Gasteiger partial charge >= 0.3 is 0 Å². The fraction of sp³-hybridized carbons (Fsp3) is 0.409. The lowest BCUT2D eigenvalue weighted by molar-refractivity contribution is -0.132. The second-order valence-corrected chi connectivity index (χ2v) is 7.41. The molecular weight excluding hydrogens is 327 g/mol. The van der Waals surface area contributed by atoms with Crippen LogP contribution in [0.1, 0.15) is 29.9 Å². The van der Waals surface area contributed by atoms with Crippen molar-refractivity contribution in [3.63, 3.8) is 0 Å². The standard InChI is InChI=1S/C22H25FN2O/c23-21-10-5-4-9-18(21)19-15-20(19)22(26)25-12-6-11-24(13-14-25)16-17-7-2-1-3-8-17/h1-5,7-10,19-20H,6,11-16H2. The highest BCUT2D eigenvalue weighted by molar-refractivity contribution is 5.83. The molecule has 2 unspecified atom stereocenters. The third kappa shape index (κ3) is 3.80. The van der Waals surface area contributed by atoms with Gasteiger partial charge in [-0.25, -0.2) is 4.39 Å². The summed E-state index contributed by atoms with van der Waals surface area (Å²) in [6.45, 7) is 4.43. The van der Waals surface area contributed by atoms with Crippen LogP contribution in [-0.4, -0.2) is 41.9 Å². The topological polar surface area (TPSA) is 23.6 Å². The number of hydrogen-bond donors (Lipinski definition) is 0. The third-order valence-electron chi connectivity index (χ3n) is 5.56. The van der Waals surface area contributed by atoms with E-state index < -0.39 is 0 Å². The van der Waals surface area contributed by atoms with Crippen LogP contribution in [0.5, 0.6) is 0 Å². The number of carbonyl (C=O) groups is 1. The molecule has 2 aromatic carbocycles. The lowest BCUT2D eigenvalue weighted by atomic mass is 10.1. The maximum Gasteiger partial charge on any atom is 0.226 e. The highest BCUT2D eigenvalue weighted by Crippen LogP contribution is 2.49. The van der Waals surface area contributed by atoms with E-state index in [1.165, 1.54) is 11.6 Å². The molecule has 3 nitrogen and oxygen atoms in total. The number of nitrogens with zero attached hydrogens (tertiary/aromatic N) is 2. The van der Waals surface area contributed by atoms with Crippen LogP contribution in [0.2, 0.25) is 0 Å². The zero-order valence-electron chi connectivity index (χ0n) is 15.0. The molecule has 136 valence electrons. The van der Waals surface area contributed by atoms with Crippen molar-refractivity contribution in [2.75, 3.05) is 26.2 Å².